The minimum Gasteiger partial charge on any atom is -0.354 e. The summed E-state index contributed by atoms with van der Waals surface area (Å²) in [6.45, 7) is 4.47. The number of aromatic nitrogens is 4. The lowest BCUT2D eigenvalue weighted by Gasteiger charge is -2.34. The molecule has 7 heteroatoms. The molecule has 1 aliphatic heterocycles. The number of hydrogen-bond donors (Lipinski definition) is 1. The summed E-state index contributed by atoms with van der Waals surface area (Å²) < 4.78 is 2.24. The zero-order valence-electron chi connectivity index (χ0n) is 14.8. The highest BCUT2D eigenvalue weighted by Gasteiger charge is 2.25. The molecule has 1 saturated heterocycles. The van der Waals surface area contributed by atoms with E-state index in [2.05, 4.69) is 31.8 Å². The number of carbonyl (C=O) groups excluding carboxylic acids is 1. The molecule has 1 atom stereocenters. The van der Waals surface area contributed by atoms with Crippen molar-refractivity contribution in [1.82, 2.24) is 24.4 Å². The van der Waals surface area contributed by atoms with Gasteiger partial charge in [0.15, 0.2) is 0 Å². The Morgan fingerprint density at radius 1 is 1.28 bits per heavy atom. The number of aryl methyl sites for hydroxylation is 1. The molecule has 0 bridgehead atoms. The van der Waals surface area contributed by atoms with Crippen LogP contribution in [0.25, 0.3) is 0 Å². The second-order valence-electron chi connectivity index (χ2n) is 6.34. The number of amides is 1. The molecule has 0 radical (unpaired) electrons. The molecule has 1 fully saturated rings. The summed E-state index contributed by atoms with van der Waals surface area (Å²) in [6.07, 6.45) is 11.7. The van der Waals surface area contributed by atoms with Gasteiger partial charge >= 0.3 is 0 Å². The van der Waals surface area contributed by atoms with Gasteiger partial charge in [-0.25, -0.2) is 15.0 Å². The van der Waals surface area contributed by atoms with E-state index >= 15 is 0 Å². The Bertz CT molecular complexity index is 671. The van der Waals surface area contributed by atoms with E-state index in [9.17, 15) is 4.79 Å². The van der Waals surface area contributed by atoms with Gasteiger partial charge in [-0.15, -0.1) is 0 Å². The van der Waals surface area contributed by atoms with E-state index in [0.717, 1.165) is 44.6 Å². The van der Waals surface area contributed by atoms with Gasteiger partial charge in [0.1, 0.15) is 5.82 Å². The number of anilines is 1. The first-order valence-corrected chi connectivity index (χ1v) is 9.08. The first kappa shape index (κ1) is 17.4. The molecule has 0 spiro atoms. The number of imidazole rings is 1. The van der Waals surface area contributed by atoms with E-state index in [1.54, 1.807) is 18.5 Å². The average Bonchev–Trinajstić information content (AvgIpc) is 3.15. The molecule has 1 amide bonds. The topological polar surface area (TPSA) is 75.9 Å². The molecular weight excluding hydrogens is 316 g/mol. The number of likely N-dealkylation sites (tertiary alicyclic amines) is 1. The summed E-state index contributed by atoms with van der Waals surface area (Å²) in [7, 11) is 0. The van der Waals surface area contributed by atoms with Gasteiger partial charge in [-0.3, -0.25) is 4.79 Å². The predicted octanol–water partition coefficient (Wildman–Crippen LogP) is 2.29. The van der Waals surface area contributed by atoms with Gasteiger partial charge in [0, 0.05) is 57.3 Å². The number of nitrogens with zero attached hydrogens (tertiary/aromatic N) is 5. The molecule has 25 heavy (non-hydrogen) atoms. The maximum Gasteiger partial charge on any atom is 0.222 e. The van der Waals surface area contributed by atoms with Crippen molar-refractivity contribution in [2.75, 3.05) is 25.0 Å². The van der Waals surface area contributed by atoms with Crippen molar-refractivity contribution in [3.05, 3.63) is 36.7 Å². The second-order valence-corrected chi connectivity index (χ2v) is 6.34. The summed E-state index contributed by atoms with van der Waals surface area (Å²) in [5, 5.41) is 3.14. The molecule has 1 aliphatic rings. The molecule has 0 saturated carbocycles. The SMILES string of the molecule is CCc1nccn1[C@H]1CCCN(C(=O)CCCNc2ncccn2)C1. The number of rotatable bonds is 7. The minimum absolute atomic E-state index is 0.235. The number of nitrogens with one attached hydrogen (secondary N) is 1. The Morgan fingerprint density at radius 3 is 2.92 bits per heavy atom. The average molecular weight is 342 g/mol. The summed E-state index contributed by atoms with van der Waals surface area (Å²) in [6, 6.07) is 2.14. The van der Waals surface area contributed by atoms with Crippen molar-refractivity contribution < 1.29 is 4.79 Å². The van der Waals surface area contributed by atoms with E-state index in [-0.39, 0.29) is 5.91 Å². The standard InChI is InChI=1S/C18H26N6O/c1-2-16-19-11-13-24(16)15-6-4-12-23(14-15)17(25)7-3-8-20-18-21-9-5-10-22-18/h5,9-11,13,15H,2-4,6-8,12,14H2,1H3,(H,20,21,22)/t15-/m0/s1. The molecule has 1 N–H and O–H groups in total. The number of piperidine rings is 1. The van der Waals surface area contributed by atoms with Gasteiger partial charge in [0.2, 0.25) is 11.9 Å². The lowest BCUT2D eigenvalue weighted by Crippen LogP contribution is -2.41. The fourth-order valence-electron chi connectivity index (χ4n) is 3.35. The fraction of sp³-hybridized carbons (Fsp3) is 0.556. The van der Waals surface area contributed by atoms with Crippen LogP contribution in [0.5, 0.6) is 0 Å². The Kier molecular flexibility index (Phi) is 5.98. The molecule has 0 aromatic carbocycles. The van der Waals surface area contributed by atoms with E-state index in [0.29, 0.717) is 25.0 Å². The van der Waals surface area contributed by atoms with Gasteiger partial charge < -0.3 is 14.8 Å². The normalized spacial score (nSPS) is 17.5. The molecule has 3 heterocycles. The Labute approximate surface area is 148 Å². The van der Waals surface area contributed by atoms with Crippen LogP contribution < -0.4 is 5.32 Å². The monoisotopic (exact) mass is 342 g/mol. The third kappa shape index (κ3) is 4.55. The van der Waals surface area contributed by atoms with Gasteiger partial charge in [-0.05, 0) is 25.3 Å². The highest BCUT2D eigenvalue weighted by atomic mass is 16.2. The van der Waals surface area contributed by atoms with Crippen LogP contribution in [0.15, 0.2) is 30.9 Å². The van der Waals surface area contributed by atoms with E-state index in [1.807, 2.05) is 17.3 Å². The highest BCUT2D eigenvalue weighted by Crippen LogP contribution is 2.23. The summed E-state index contributed by atoms with van der Waals surface area (Å²) in [5.41, 5.74) is 0. The Hall–Kier alpha value is -2.44. The smallest absolute Gasteiger partial charge is 0.222 e. The van der Waals surface area contributed by atoms with Crippen LogP contribution in [0.4, 0.5) is 5.95 Å². The zero-order valence-corrected chi connectivity index (χ0v) is 14.8. The van der Waals surface area contributed by atoms with E-state index in [4.69, 9.17) is 0 Å². The minimum atomic E-state index is 0.235. The second kappa shape index (κ2) is 8.60. The van der Waals surface area contributed by atoms with Crippen LogP contribution in [0.1, 0.15) is 44.5 Å². The summed E-state index contributed by atoms with van der Waals surface area (Å²) >= 11 is 0. The molecule has 2 aromatic rings. The fourth-order valence-corrected chi connectivity index (χ4v) is 3.35. The van der Waals surface area contributed by atoms with Crippen LogP contribution in [-0.4, -0.2) is 50.0 Å². The van der Waals surface area contributed by atoms with Crippen molar-refractivity contribution >= 4 is 11.9 Å². The Balaban J connectivity index is 1.45. The number of hydrogen-bond acceptors (Lipinski definition) is 5. The largest absolute Gasteiger partial charge is 0.354 e. The van der Waals surface area contributed by atoms with Crippen molar-refractivity contribution in [2.45, 2.75) is 45.1 Å². The van der Waals surface area contributed by atoms with E-state index < -0.39 is 0 Å². The third-order valence-corrected chi connectivity index (χ3v) is 4.62. The molecule has 7 nitrogen and oxygen atoms in total. The van der Waals surface area contributed by atoms with Crippen molar-refractivity contribution in [3.63, 3.8) is 0 Å². The first-order chi connectivity index (χ1) is 12.3. The molecular formula is C18H26N6O. The quantitative estimate of drug-likeness (QED) is 0.781. The van der Waals surface area contributed by atoms with Crippen molar-refractivity contribution in [2.24, 2.45) is 0 Å². The molecule has 2 aromatic heterocycles. The maximum absolute atomic E-state index is 12.5. The number of carbonyl (C=O) groups is 1. The third-order valence-electron chi connectivity index (χ3n) is 4.62. The van der Waals surface area contributed by atoms with Crippen LogP contribution in [0.3, 0.4) is 0 Å². The Morgan fingerprint density at radius 2 is 2.12 bits per heavy atom. The summed E-state index contributed by atoms with van der Waals surface area (Å²) in [5.74, 6) is 1.95. The van der Waals surface area contributed by atoms with Crippen LogP contribution >= 0.6 is 0 Å². The highest BCUT2D eigenvalue weighted by molar-refractivity contribution is 5.76. The molecule has 0 unspecified atom stereocenters. The van der Waals surface area contributed by atoms with Gasteiger partial charge in [-0.1, -0.05) is 6.92 Å². The first-order valence-electron chi connectivity index (χ1n) is 9.08. The van der Waals surface area contributed by atoms with Gasteiger partial charge in [-0.2, -0.15) is 0 Å². The van der Waals surface area contributed by atoms with Crippen LogP contribution in [-0.2, 0) is 11.2 Å². The van der Waals surface area contributed by atoms with Gasteiger partial charge in [0.05, 0.1) is 6.04 Å². The molecule has 0 aliphatic carbocycles. The van der Waals surface area contributed by atoms with Crippen LogP contribution in [0.2, 0.25) is 0 Å². The predicted molar refractivity (Wildman–Crippen MR) is 96.2 cm³/mol. The molecule has 134 valence electrons. The van der Waals surface area contributed by atoms with Gasteiger partial charge in [0.25, 0.3) is 0 Å². The van der Waals surface area contributed by atoms with Crippen LogP contribution in [0, 0.1) is 0 Å². The summed E-state index contributed by atoms with van der Waals surface area (Å²) in [4.78, 5) is 27.2. The van der Waals surface area contributed by atoms with E-state index in [1.165, 1.54) is 0 Å². The maximum atomic E-state index is 12.5. The van der Waals surface area contributed by atoms with Crippen molar-refractivity contribution in [3.8, 4) is 0 Å². The zero-order chi connectivity index (χ0) is 17.5. The lowest BCUT2D eigenvalue weighted by atomic mass is 10.0. The molecule has 3 rings (SSSR count). The van der Waals surface area contributed by atoms with Crippen molar-refractivity contribution in [1.29, 1.82) is 0 Å². The lowest BCUT2D eigenvalue weighted by molar-refractivity contribution is -0.132.